The molecule has 3 aromatic heterocycles. The van der Waals surface area contributed by atoms with Crippen LogP contribution in [-0.4, -0.2) is 43.4 Å². The molecule has 0 saturated heterocycles. The minimum Gasteiger partial charge on any atom is -0.481 e. The number of amides is 1. The molecule has 0 saturated carbocycles. The zero-order valence-electron chi connectivity index (χ0n) is 15.2. The molecule has 3 rings (SSSR count). The highest BCUT2D eigenvalue weighted by atomic mass is 32.1. The maximum atomic E-state index is 12.7. The van der Waals surface area contributed by atoms with Crippen molar-refractivity contribution in [3.8, 4) is 5.88 Å². The molecule has 10 nitrogen and oxygen atoms in total. The summed E-state index contributed by atoms with van der Waals surface area (Å²) < 4.78 is 9.19. The van der Waals surface area contributed by atoms with Crippen LogP contribution in [-0.2, 0) is 0 Å². The molecule has 0 aliphatic heterocycles. The third-order valence-corrected chi connectivity index (χ3v) is 4.55. The molecule has 0 aliphatic rings. The molecule has 0 aliphatic carbocycles. The van der Waals surface area contributed by atoms with Crippen LogP contribution in [0.5, 0.6) is 5.88 Å². The Morgan fingerprint density at radius 3 is 2.57 bits per heavy atom. The minimum atomic E-state index is -1.18. The van der Waals surface area contributed by atoms with Gasteiger partial charge in [0.05, 0.1) is 42.1 Å². The molecule has 0 unspecified atom stereocenters. The summed E-state index contributed by atoms with van der Waals surface area (Å²) >= 11 is 1.06. The van der Waals surface area contributed by atoms with Crippen LogP contribution < -0.4 is 15.4 Å². The highest BCUT2D eigenvalue weighted by Gasteiger charge is 2.20. The average Bonchev–Trinajstić information content (AvgIpc) is 3.04. The Balaban J connectivity index is 1.84. The highest BCUT2D eigenvalue weighted by molar-refractivity contribution is 7.10. The van der Waals surface area contributed by atoms with Gasteiger partial charge in [-0.05, 0) is 31.4 Å². The van der Waals surface area contributed by atoms with Crippen LogP contribution in [0.25, 0.3) is 0 Å². The number of anilines is 3. The Bertz CT molecular complexity index is 1030. The average molecular weight is 400 g/mol. The molecule has 144 valence electrons. The van der Waals surface area contributed by atoms with Crippen LogP contribution in [0.4, 0.5) is 16.5 Å². The molecule has 3 N–H and O–H groups in total. The lowest BCUT2D eigenvalue weighted by Crippen LogP contribution is -2.14. The van der Waals surface area contributed by atoms with E-state index in [0.29, 0.717) is 33.5 Å². The first-order valence-electron chi connectivity index (χ1n) is 8.00. The number of carbonyl (C=O) groups excluding carboxylic acids is 1. The summed E-state index contributed by atoms with van der Waals surface area (Å²) in [6.07, 6.45) is 2.87. The Labute approximate surface area is 163 Å². The van der Waals surface area contributed by atoms with E-state index in [-0.39, 0.29) is 17.4 Å². The Morgan fingerprint density at radius 2 is 1.93 bits per heavy atom. The number of carboxylic acid groups (broad SMARTS) is 1. The largest absolute Gasteiger partial charge is 0.481 e. The molecule has 0 aromatic carbocycles. The molecule has 11 heteroatoms. The molecule has 3 heterocycles. The molecule has 0 fully saturated rings. The Kier molecular flexibility index (Phi) is 5.45. The van der Waals surface area contributed by atoms with E-state index in [1.54, 1.807) is 26.0 Å². The minimum absolute atomic E-state index is 0.165. The van der Waals surface area contributed by atoms with Crippen LogP contribution in [0.3, 0.4) is 0 Å². The van der Waals surface area contributed by atoms with E-state index in [2.05, 4.69) is 30.0 Å². The summed E-state index contributed by atoms with van der Waals surface area (Å²) in [6, 6.07) is 3.29. The number of aromatic carboxylic acids is 1. The number of nitrogens with zero attached hydrogens (tertiary/aromatic N) is 4. The van der Waals surface area contributed by atoms with E-state index in [4.69, 9.17) is 4.74 Å². The van der Waals surface area contributed by atoms with Gasteiger partial charge in [-0.1, -0.05) is 0 Å². The highest BCUT2D eigenvalue weighted by Crippen LogP contribution is 2.28. The second kappa shape index (κ2) is 7.96. The van der Waals surface area contributed by atoms with Crippen LogP contribution >= 0.6 is 11.5 Å². The number of aryl methyl sites for hydroxylation is 2. The summed E-state index contributed by atoms with van der Waals surface area (Å²) in [5, 5.41) is 15.3. The van der Waals surface area contributed by atoms with Crippen molar-refractivity contribution in [1.29, 1.82) is 0 Å². The van der Waals surface area contributed by atoms with Gasteiger partial charge in [-0.25, -0.2) is 14.8 Å². The third kappa shape index (κ3) is 4.04. The van der Waals surface area contributed by atoms with Crippen molar-refractivity contribution in [2.45, 2.75) is 13.8 Å². The third-order valence-electron chi connectivity index (χ3n) is 3.69. The van der Waals surface area contributed by atoms with Crippen LogP contribution in [0.1, 0.15) is 32.2 Å². The second-order valence-electron chi connectivity index (χ2n) is 5.63. The predicted molar refractivity (Wildman–Crippen MR) is 103 cm³/mol. The van der Waals surface area contributed by atoms with Gasteiger partial charge in [0.25, 0.3) is 5.91 Å². The number of hydrogen-bond acceptors (Lipinski definition) is 9. The fourth-order valence-electron chi connectivity index (χ4n) is 2.32. The number of rotatable bonds is 6. The SMILES string of the molecule is COc1ccc(NC(=O)c2c(C)nsc2Nc2cnc(C)c(C(=O)O)n2)cn1. The van der Waals surface area contributed by atoms with Crippen molar-refractivity contribution in [1.82, 2.24) is 19.3 Å². The number of pyridine rings is 1. The number of nitrogens with one attached hydrogen (secondary N) is 2. The van der Waals surface area contributed by atoms with Crippen molar-refractivity contribution < 1.29 is 19.4 Å². The normalized spacial score (nSPS) is 10.4. The lowest BCUT2D eigenvalue weighted by molar-refractivity contribution is 0.0689. The van der Waals surface area contributed by atoms with E-state index < -0.39 is 5.97 Å². The van der Waals surface area contributed by atoms with Crippen molar-refractivity contribution in [3.63, 3.8) is 0 Å². The second-order valence-corrected chi connectivity index (χ2v) is 6.41. The fourth-order valence-corrected chi connectivity index (χ4v) is 3.12. The number of carbonyl (C=O) groups is 2. The van der Waals surface area contributed by atoms with E-state index in [1.165, 1.54) is 19.5 Å². The van der Waals surface area contributed by atoms with Gasteiger partial charge < -0.3 is 20.5 Å². The quantitative estimate of drug-likeness (QED) is 0.569. The molecular formula is C17H16N6O4S. The van der Waals surface area contributed by atoms with Crippen molar-refractivity contribution in [2.75, 3.05) is 17.7 Å². The van der Waals surface area contributed by atoms with E-state index in [1.807, 2.05) is 0 Å². The van der Waals surface area contributed by atoms with Crippen molar-refractivity contribution in [3.05, 3.63) is 47.2 Å². The summed E-state index contributed by atoms with van der Waals surface area (Å²) in [4.78, 5) is 36.0. The first kappa shape index (κ1) is 19.2. The molecule has 0 radical (unpaired) electrons. The van der Waals surface area contributed by atoms with Crippen LogP contribution in [0, 0.1) is 13.8 Å². The maximum Gasteiger partial charge on any atom is 0.356 e. The van der Waals surface area contributed by atoms with E-state index in [0.717, 1.165) is 11.5 Å². The van der Waals surface area contributed by atoms with Crippen molar-refractivity contribution in [2.24, 2.45) is 0 Å². The number of hydrogen-bond donors (Lipinski definition) is 3. The summed E-state index contributed by atoms with van der Waals surface area (Å²) in [6.45, 7) is 3.26. The van der Waals surface area contributed by atoms with Gasteiger partial charge in [0.2, 0.25) is 5.88 Å². The summed E-state index contributed by atoms with van der Waals surface area (Å²) in [5.41, 5.74) is 1.46. The zero-order chi connectivity index (χ0) is 20.3. The van der Waals surface area contributed by atoms with Gasteiger partial charge in [-0.15, -0.1) is 0 Å². The first-order valence-corrected chi connectivity index (χ1v) is 8.78. The van der Waals surface area contributed by atoms with Gasteiger partial charge in [-0.2, -0.15) is 4.37 Å². The van der Waals surface area contributed by atoms with Crippen LogP contribution in [0.15, 0.2) is 24.5 Å². The maximum absolute atomic E-state index is 12.7. The lowest BCUT2D eigenvalue weighted by Gasteiger charge is -2.09. The lowest BCUT2D eigenvalue weighted by atomic mass is 10.2. The van der Waals surface area contributed by atoms with Gasteiger partial charge in [-0.3, -0.25) is 9.78 Å². The topological polar surface area (TPSA) is 139 Å². The molecular weight excluding hydrogens is 384 g/mol. The molecule has 28 heavy (non-hydrogen) atoms. The number of ether oxygens (including phenoxy) is 1. The van der Waals surface area contributed by atoms with E-state index in [9.17, 15) is 14.7 Å². The Morgan fingerprint density at radius 1 is 1.14 bits per heavy atom. The number of carboxylic acids is 1. The smallest absolute Gasteiger partial charge is 0.356 e. The van der Waals surface area contributed by atoms with Crippen molar-refractivity contribution >= 4 is 39.9 Å². The van der Waals surface area contributed by atoms with Gasteiger partial charge in [0.15, 0.2) is 11.5 Å². The van der Waals surface area contributed by atoms with Gasteiger partial charge >= 0.3 is 5.97 Å². The first-order chi connectivity index (χ1) is 13.4. The number of methoxy groups -OCH3 is 1. The Hall–Kier alpha value is -3.60. The van der Waals surface area contributed by atoms with E-state index >= 15 is 0 Å². The molecule has 0 bridgehead atoms. The predicted octanol–water partition coefficient (Wildman–Crippen LogP) is 2.65. The summed E-state index contributed by atoms with van der Waals surface area (Å²) in [7, 11) is 1.50. The molecule has 0 spiro atoms. The van der Waals surface area contributed by atoms with Gasteiger partial charge in [0.1, 0.15) is 5.00 Å². The standard InChI is InChI=1S/C17H16N6O4S/c1-8-13(15(24)20-10-4-5-12(27-3)19-6-10)16(28-23-8)22-11-7-18-9(2)14(21-11)17(25)26/h4-7H,1-3H3,(H,20,24)(H,21,22)(H,25,26). The molecule has 1 amide bonds. The summed E-state index contributed by atoms with van der Waals surface area (Å²) in [5.74, 6) is -0.939. The van der Waals surface area contributed by atoms with Gasteiger partial charge in [0, 0.05) is 6.07 Å². The monoisotopic (exact) mass is 400 g/mol. The molecule has 3 aromatic rings. The zero-order valence-corrected chi connectivity index (χ0v) is 16.0. The fraction of sp³-hybridized carbons (Fsp3) is 0.176. The van der Waals surface area contributed by atoms with Crippen LogP contribution in [0.2, 0.25) is 0 Å². The molecule has 0 atom stereocenters. The number of aromatic nitrogens is 4.